The van der Waals surface area contributed by atoms with E-state index in [0.29, 0.717) is 5.39 Å². The van der Waals surface area contributed by atoms with E-state index in [2.05, 4.69) is 10.3 Å². The van der Waals surface area contributed by atoms with Crippen molar-refractivity contribution in [3.05, 3.63) is 24.2 Å². The first-order valence-electron chi connectivity index (χ1n) is 5.09. The maximum Gasteiger partial charge on any atom is 0.325 e. The number of aromatic nitrogens is 1. The molecule has 7 nitrogen and oxygen atoms in total. The Balaban J connectivity index is 2.33. The molecule has 18 heavy (non-hydrogen) atoms. The van der Waals surface area contributed by atoms with E-state index in [0.717, 1.165) is 0 Å². The van der Waals surface area contributed by atoms with E-state index >= 15 is 0 Å². The number of nitrogens with zero attached hydrogens (tertiary/aromatic N) is 1. The minimum absolute atomic E-state index is 0.137. The van der Waals surface area contributed by atoms with Gasteiger partial charge in [-0.25, -0.2) is 4.98 Å². The number of aromatic hydroxyl groups is 1. The van der Waals surface area contributed by atoms with Crippen LogP contribution in [0.1, 0.15) is 17.4 Å². The third-order valence-electron chi connectivity index (χ3n) is 2.40. The minimum Gasteiger partial charge on any atom is -0.503 e. The first kappa shape index (κ1) is 11.9. The summed E-state index contributed by atoms with van der Waals surface area (Å²) < 4.78 is 5.01. The molecule has 0 saturated heterocycles. The zero-order valence-corrected chi connectivity index (χ0v) is 9.38. The van der Waals surface area contributed by atoms with Crippen LogP contribution in [0.25, 0.3) is 11.0 Å². The van der Waals surface area contributed by atoms with Crippen molar-refractivity contribution >= 4 is 22.8 Å². The van der Waals surface area contributed by atoms with Crippen molar-refractivity contribution in [1.82, 2.24) is 10.3 Å². The summed E-state index contributed by atoms with van der Waals surface area (Å²) in [6.45, 7) is 1.31. The van der Waals surface area contributed by atoms with Gasteiger partial charge in [0.15, 0.2) is 17.0 Å². The highest BCUT2D eigenvalue weighted by molar-refractivity contribution is 6.01. The Labute approximate surface area is 101 Å². The van der Waals surface area contributed by atoms with Crippen LogP contribution in [0.3, 0.4) is 0 Å². The van der Waals surface area contributed by atoms with Gasteiger partial charge in [-0.2, -0.15) is 0 Å². The lowest BCUT2D eigenvalue weighted by atomic mass is 10.2. The third-order valence-corrected chi connectivity index (χ3v) is 2.40. The molecule has 2 rings (SSSR count). The molecule has 3 N–H and O–H groups in total. The molecule has 1 atom stereocenters. The fourth-order valence-corrected chi connectivity index (χ4v) is 1.41. The predicted octanol–water partition coefficient (Wildman–Crippen LogP) is 0.736. The fourth-order valence-electron chi connectivity index (χ4n) is 1.41. The molecule has 0 unspecified atom stereocenters. The molecule has 94 valence electrons. The van der Waals surface area contributed by atoms with Crippen molar-refractivity contribution < 1.29 is 24.2 Å². The largest absolute Gasteiger partial charge is 0.503 e. The topological polar surface area (TPSA) is 113 Å². The van der Waals surface area contributed by atoms with Gasteiger partial charge in [0.25, 0.3) is 5.91 Å². The Kier molecular flexibility index (Phi) is 2.88. The van der Waals surface area contributed by atoms with Crippen LogP contribution in [0.4, 0.5) is 0 Å². The number of aliphatic carboxylic acids is 1. The van der Waals surface area contributed by atoms with E-state index in [1.807, 2.05) is 0 Å². The summed E-state index contributed by atoms with van der Waals surface area (Å²) in [5, 5.41) is 21.2. The van der Waals surface area contributed by atoms with E-state index in [9.17, 15) is 14.7 Å². The molecule has 2 aromatic rings. The van der Waals surface area contributed by atoms with Crippen LogP contribution >= 0.6 is 0 Å². The Morgan fingerprint density at radius 2 is 2.22 bits per heavy atom. The molecule has 2 heterocycles. The number of furan rings is 1. The molecule has 0 aliphatic rings. The zero-order valence-electron chi connectivity index (χ0n) is 9.38. The van der Waals surface area contributed by atoms with Gasteiger partial charge >= 0.3 is 5.97 Å². The number of fused-ring (bicyclic) bond motifs is 1. The standard InChI is InChI=1S/C11H10N2O5/c1-5(11(16)17)13-10(15)7-8(14)9-6(4-12-7)2-3-18-9/h2-5,14H,1H3,(H,13,15)(H,16,17)/t5-/m0/s1. The number of amides is 1. The number of carboxylic acids is 1. The SMILES string of the molecule is C[C@H](NC(=O)c1ncc2ccoc2c1O)C(=O)O. The molecule has 0 spiro atoms. The highest BCUT2D eigenvalue weighted by Gasteiger charge is 2.21. The summed E-state index contributed by atoms with van der Waals surface area (Å²) >= 11 is 0. The van der Waals surface area contributed by atoms with Crippen LogP contribution in [0.5, 0.6) is 5.75 Å². The highest BCUT2D eigenvalue weighted by atomic mass is 16.4. The van der Waals surface area contributed by atoms with Crippen LogP contribution in [0.15, 0.2) is 22.9 Å². The van der Waals surface area contributed by atoms with E-state index in [4.69, 9.17) is 9.52 Å². The average Bonchev–Trinajstić information content (AvgIpc) is 2.78. The summed E-state index contributed by atoms with van der Waals surface area (Å²) in [6, 6.07) is 0.509. The molecule has 0 aromatic carbocycles. The highest BCUT2D eigenvalue weighted by Crippen LogP contribution is 2.27. The monoisotopic (exact) mass is 250 g/mol. The summed E-state index contributed by atoms with van der Waals surface area (Å²) in [7, 11) is 0. The van der Waals surface area contributed by atoms with Gasteiger partial charge in [0, 0.05) is 11.6 Å². The van der Waals surface area contributed by atoms with Gasteiger partial charge in [0.1, 0.15) is 6.04 Å². The average molecular weight is 250 g/mol. The molecule has 1 amide bonds. The molecule has 0 bridgehead atoms. The molecule has 0 radical (unpaired) electrons. The van der Waals surface area contributed by atoms with Crippen molar-refractivity contribution in [2.45, 2.75) is 13.0 Å². The second kappa shape index (κ2) is 4.36. The van der Waals surface area contributed by atoms with E-state index in [1.54, 1.807) is 6.07 Å². The maximum absolute atomic E-state index is 11.7. The fraction of sp³-hybridized carbons (Fsp3) is 0.182. The molecule has 7 heteroatoms. The lowest BCUT2D eigenvalue weighted by Crippen LogP contribution is -2.38. The summed E-state index contributed by atoms with van der Waals surface area (Å²) in [4.78, 5) is 26.1. The predicted molar refractivity (Wildman–Crippen MR) is 60.2 cm³/mol. The normalized spacial score (nSPS) is 12.3. The second-order valence-corrected chi connectivity index (χ2v) is 3.69. The number of hydrogen-bond acceptors (Lipinski definition) is 5. The van der Waals surface area contributed by atoms with Crippen molar-refractivity contribution in [2.75, 3.05) is 0 Å². The number of carbonyl (C=O) groups is 2. The molecule has 0 saturated carbocycles. The molecule has 0 fully saturated rings. The maximum atomic E-state index is 11.7. The summed E-state index contributed by atoms with van der Waals surface area (Å²) in [5.74, 6) is -2.37. The van der Waals surface area contributed by atoms with Gasteiger partial charge < -0.3 is 19.9 Å². The van der Waals surface area contributed by atoms with Gasteiger partial charge in [-0.05, 0) is 13.0 Å². The van der Waals surface area contributed by atoms with Crippen molar-refractivity contribution in [1.29, 1.82) is 0 Å². The minimum atomic E-state index is -1.18. The molecule has 0 aliphatic carbocycles. The van der Waals surface area contributed by atoms with Gasteiger partial charge in [-0.15, -0.1) is 0 Å². The number of carbonyl (C=O) groups excluding carboxylic acids is 1. The zero-order chi connectivity index (χ0) is 13.3. The van der Waals surface area contributed by atoms with E-state index in [1.165, 1.54) is 19.4 Å². The van der Waals surface area contributed by atoms with Crippen LogP contribution in [0, 0.1) is 0 Å². The number of hydrogen-bond donors (Lipinski definition) is 3. The number of nitrogens with one attached hydrogen (secondary N) is 1. The number of carboxylic acid groups (broad SMARTS) is 1. The van der Waals surface area contributed by atoms with Crippen molar-refractivity contribution in [3.8, 4) is 5.75 Å². The smallest absolute Gasteiger partial charge is 0.325 e. The van der Waals surface area contributed by atoms with Crippen LogP contribution < -0.4 is 5.32 Å². The van der Waals surface area contributed by atoms with Gasteiger partial charge in [0.05, 0.1) is 6.26 Å². The molecular formula is C11H10N2O5. The van der Waals surface area contributed by atoms with Crippen LogP contribution in [-0.2, 0) is 4.79 Å². The van der Waals surface area contributed by atoms with E-state index in [-0.39, 0.29) is 11.3 Å². The first-order valence-corrected chi connectivity index (χ1v) is 5.09. The lowest BCUT2D eigenvalue weighted by molar-refractivity contribution is -0.138. The van der Waals surface area contributed by atoms with Crippen molar-refractivity contribution in [2.24, 2.45) is 0 Å². The van der Waals surface area contributed by atoms with E-state index < -0.39 is 23.7 Å². The number of rotatable bonds is 3. The lowest BCUT2D eigenvalue weighted by Gasteiger charge is -2.09. The first-order chi connectivity index (χ1) is 8.50. The van der Waals surface area contributed by atoms with Crippen LogP contribution in [0.2, 0.25) is 0 Å². The van der Waals surface area contributed by atoms with Gasteiger partial charge in [-0.1, -0.05) is 0 Å². The Hall–Kier alpha value is -2.57. The van der Waals surface area contributed by atoms with Crippen LogP contribution in [-0.4, -0.2) is 33.1 Å². The Morgan fingerprint density at radius 1 is 1.50 bits per heavy atom. The summed E-state index contributed by atoms with van der Waals surface area (Å²) in [5.41, 5.74) is -0.135. The third kappa shape index (κ3) is 1.97. The molecular weight excluding hydrogens is 240 g/mol. The van der Waals surface area contributed by atoms with Gasteiger partial charge in [0.2, 0.25) is 0 Å². The molecule has 0 aliphatic heterocycles. The van der Waals surface area contributed by atoms with Gasteiger partial charge in [-0.3, -0.25) is 9.59 Å². The van der Waals surface area contributed by atoms with Crippen molar-refractivity contribution in [3.63, 3.8) is 0 Å². The second-order valence-electron chi connectivity index (χ2n) is 3.69. The summed E-state index contributed by atoms with van der Waals surface area (Å²) in [6.07, 6.45) is 2.71. The molecule has 2 aromatic heterocycles. The Morgan fingerprint density at radius 3 is 2.89 bits per heavy atom. The quantitative estimate of drug-likeness (QED) is 0.740. The Bertz CT molecular complexity index is 619. The number of pyridine rings is 1.